The van der Waals surface area contributed by atoms with Crippen molar-refractivity contribution in [1.29, 1.82) is 0 Å². The van der Waals surface area contributed by atoms with Crippen LogP contribution in [-0.4, -0.2) is 33.8 Å². The number of carbonyl (C=O) groups excluding carboxylic acids is 1. The number of urea groups is 1. The van der Waals surface area contributed by atoms with Crippen LogP contribution in [0.25, 0.3) is 0 Å². The molecule has 2 aromatic heterocycles. The van der Waals surface area contributed by atoms with E-state index in [1.54, 1.807) is 11.3 Å². The van der Waals surface area contributed by atoms with E-state index in [0.29, 0.717) is 19.6 Å². The average Bonchev–Trinajstić information content (AvgIpc) is 3.09. The van der Waals surface area contributed by atoms with E-state index < -0.39 is 4.92 Å². The second kappa shape index (κ2) is 7.39. The minimum absolute atomic E-state index is 0.0598. The Morgan fingerprint density at radius 3 is 2.90 bits per heavy atom. The predicted octanol–water partition coefficient (Wildman–Crippen LogP) is 1.39. The Morgan fingerprint density at radius 1 is 1.43 bits per heavy atom. The molecule has 21 heavy (non-hydrogen) atoms. The fourth-order valence-corrected chi connectivity index (χ4v) is 2.38. The normalized spacial score (nSPS) is 10.3. The second-order valence-electron chi connectivity index (χ2n) is 4.23. The molecular weight excluding hydrogens is 294 g/mol. The minimum atomic E-state index is -0.506. The first-order valence-corrected chi connectivity index (χ1v) is 7.24. The van der Waals surface area contributed by atoms with E-state index in [1.165, 1.54) is 22.0 Å². The first-order valence-electron chi connectivity index (χ1n) is 6.36. The zero-order valence-corrected chi connectivity index (χ0v) is 12.0. The molecule has 0 atom stereocenters. The van der Waals surface area contributed by atoms with Gasteiger partial charge in [-0.3, -0.25) is 14.8 Å². The van der Waals surface area contributed by atoms with E-state index in [9.17, 15) is 14.9 Å². The Hall–Kier alpha value is -2.42. The fraction of sp³-hybridized carbons (Fsp3) is 0.333. The molecule has 2 aromatic rings. The Kier molecular flexibility index (Phi) is 5.27. The largest absolute Gasteiger partial charge is 0.338 e. The molecule has 2 rings (SSSR count). The first-order chi connectivity index (χ1) is 10.1. The van der Waals surface area contributed by atoms with Gasteiger partial charge in [-0.15, -0.1) is 11.3 Å². The van der Waals surface area contributed by atoms with Crippen molar-refractivity contribution in [2.75, 3.05) is 13.1 Å². The molecule has 0 bridgehead atoms. The summed E-state index contributed by atoms with van der Waals surface area (Å²) in [6, 6.07) is 3.74. The maximum Gasteiger partial charge on any atom is 0.314 e. The summed E-state index contributed by atoms with van der Waals surface area (Å²) in [6.07, 6.45) is 3.31. The van der Waals surface area contributed by atoms with Crippen LogP contribution in [0.5, 0.6) is 0 Å². The van der Waals surface area contributed by atoms with Gasteiger partial charge < -0.3 is 10.6 Å². The number of carbonyl (C=O) groups is 1. The standard InChI is InChI=1S/C12H15N5O3S/c18-12(13-4-3-11-2-1-7-21-11)14-5-6-16-9-10(8-15-16)17(19)20/h1-2,7-9H,3-6H2,(H2,13,14,18). The van der Waals surface area contributed by atoms with Crippen LogP contribution < -0.4 is 10.6 Å². The molecule has 0 aliphatic heterocycles. The molecule has 2 heterocycles. The SMILES string of the molecule is O=C(NCCc1cccs1)NCCn1cc([N+](=O)[O-])cn1. The van der Waals surface area contributed by atoms with Crippen molar-refractivity contribution in [3.05, 3.63) is 44.9 Å². The molecule has 0 radical (unpaired) electrons. The van der Waals surface area contributed by atoms with Gasteiger partial charge in [-0.1, -0.05) is 6.07 Å². The molecule has 9 heteroatoms. The average molecular weight is 309 g/mol. The van der Waals surface area contributed by atoms with Crippen LogP contribution in [0.15, 0.2) is 29.9 Å². The molecule has 0 fully saturated rings. The highest BCUT2D eigenvalue weighted by molar-refractivity contribution is 7.09. The third-order valence-electron chi connectivity index (χ3n) is 2.69. The lowest BCUT2D eigenvalue weighted by Crippen LogP contribution is -2.38. The van der Waals surface area contributed by atoms with Crippen LogP contribution in [0.4, 0.5) is 10.5 Å². The summed E-state index contributed by atoms with van der Waals surface area (Å²) in [5, 5.41) is 21.7. The van der Waals surface area contributed by atoms with Gasteiger partial charge in [0, 0.05) is 18.0 Å². The smallest absolute Gasteiger partial charge is 0.314 e. The predicted molar refractivity (Wildman–Crippen MR) is 78.3 cm³/mol. The summed E-state index contributed by atoms with van der Waals surface area (Å²) in [5.41, 5.74) is -0.0598. The van der Waals surface area contributed by atoms with Gasteiger partial charge >= 0.3 is 11.7 Å². The van der Waals surface area contributed by atoms with Crippen molar-refractivity contribution in [2.45, 2.75) is 13.0 Å². The fourth-order valence-electron chi connectivity index (χ4n) is 1.67. The number of hydrogen-bond donors (Lipinski definition) is 2. The van der Waals surface area contributed by atoms with Gasteiger partial charge in [0.05, 0.1) is 11.5 Å². The maximum absolute atomic E-state index is 11.5. The van der Waals surface area contributed by atoms with Crippen molar-refractivity contribution in [3.63, 3.8) is 0 Å². The Balaban J connectivity index is 1.61. The van der Waals surface area contributed by atoms with Crippen molar-refractivity contribution in [3.8, 4) is 0 Å². The quantitative estimate of drug-likeness (QED) is 0.596. The molecule has 112 valence electrons. The molecule has 8 nitrogen and oxygen atoms in total. The monoisotopic (exact) mass is 309 g/mol. The summed E-state index contributed by atoms with van der Waals surface area (Å²) < 4.78 is 1.42. The van der Waals surface area contributed by atoms with Crippen molar-refractivity contribution >= 4 is 23.1 Å². The number of rotatable bonds is 7. The van der Waals surface area contributed by atoms with E-state index >= 15 is 0 Å². The van der Waals surface area contributed by atoms with Gasteiger partial charge in [0.1, 0.15) is 12.4 Å². The first kappa shape index (κ1) is 15.0. The lowest BCUT2D eigenvalue weighted by atomic mass is 10.3. The molecule has 2 N–H and O–H groups in total. The van der Waals surface area contributed by atoms with E-state index in [2.05, 4.69) is 15.7 Å². The summed E-state index contributed by atoms with van der Waals surface area (Å²) in [4.78, 5) is 22.7. The molecule has 0 aromatic carbocycles. The number of nitrogens with zero attached hydrogens (tertiary/aromatic N) is 3. The Labute approximate surface area is 124 Å². The highest BCUT2D eigenvalue weighted by atomic mass is 32.1. The minimum Gasteiger partial charge on any atom is -0.338 e. The third kappa shape index (κ3) is 4.88. The van der Waals surface area contributed by atoms with Gasteiger partial charge in [0.25, 0.3) is 0 Å². The molecular formula is C12H15N5O3S. The molecule has 0 unspecified atom stereocenters. The van der Waals surface area contributed by atoms with Crippen molar-refractivity contribution in [2.24, 2.45) is 0 Å². The maximum atomic E-state index is 11.5. The molecule has 2 amide bonds. The molecule has 0 aliphatic rings. The van der Waals surface area contributed by atoms with Crippen LogP contribution in [-0.2, 0) is 13.0 Å². The van der Waals surface area contributed by atoms with Gasteiger partial charge in [0.15, 0.2) is 0 Å². The molecule has 0 saturated heterocycles. The molecule has 0 aliphatic carbocycles. The number of thiophene rings is 1. The van der Waals surface area contributed by atoms with Gasteiger partial charge in [-0.05, 0) is 17.9 Å². The third-order valence-corrected chi connectivity index (χ3v) is 3.63. The highest BCUT2D eigenvalue weighted by Gasteiger charge is 2.08. The van der Waals surface area contributed by atoms with Crippen LogP contribution >= 0.6 is 11.3 Å². The zero-order valence-electron chi connectivity index (χ0n) is 11.2. The van der Waals surface area contributed by atoms with Gasteiger partial charge in [-0.25, -0.2) is 4.79 Å². The summed E-state index contributed by atoms with van der Waals surface area (Å²) >= 11 is 1.66. The summed E-state index contributed by atoms with van der Waals surface area (Å²) in [7, 11) is 0. The van der Waals surface area contributed by atoms with Crippen LogP contribution in [0, 0.1) is 10.1 Å². The molecule has 0 saturated carbocycles. The van der Waals surface area contributed by atoms with Crippen molar-refractivity contribution < 1.29 is 9.72 Å². The van der Waals surface area contributed by atoms with Crippen LogP contribution in [0.3, 0.4) is 0 Å². The van der Waals surface area contributed by atoms with E-state index in [1.807, 2.05) is 17.5 Å². The number of hydrogen-bond acceptors (Lipinski definition) is 5. The van der Waals surface area contributed by atoms with Gasteiger partial charge in [0.2, 0.25) is 0 Å². The number of aromatic nitrogens is 2. The van der Waals surface area contributed by atoms with E-state index in [4.69, 9.17) is 0 Å². The topological polar surface area (TPSA) is 102 Å². The second-order valence-corrected chi connectivity index (χ2v) is 5.26. The Morgan fingerprint density at radius 2 is 2.24 bits per heavy atom. The highest BCUT2D eigenvalue weighted by Crippen LogP contribution is 2.08. The summed E-state index contributed by atoms with van der Waals surface area (Å²) in [5.74, 6) is 0. The number of nitrogens with one attached hydrogen (secondary N) is 2. The molecule has 0 spiro atoms. The van der Waals surface area contributed by atoms with Crippen LogP contribution in [0.1, 0.15) is 4.88 Å². The van der Waals surface area contributed by atoms with E-state index in [0.717, 1.165) is 6.42 Å². The van der Waals surface area contributed by atoms with Crippen LogP contribution in [0.2, 0.25) is 0 Å². The lowest BCUT2D eigenvalue weighted by Gasteiger charge is -2.06. The number of amides is 2. The van der Waals surface area contributed by atoms with Crippen molar-refractivity contribution in [1.82, 2.24) is 20.4 Å². The zero-order chi connectivity index (χ0) is 15.1. The lowest BCUT2D eigenvalue weighted by molar-refractivity contribution is -0.385. The van der Waals surface area contributed by atoms with E-state index in [-0.39, 0.29) is 11.7 Å². The van der Waals surface area contributed by atoms with Gasteiger partial charge in [-0.2, -0.15) is 5.10 Å². The summed E-state index contributed by atoms with van der Waals surface area (Å²) in [6.45, 7) is 1.30. The number of nitro groups is 1. The Bertz CT molecular complexity index is 596.